The summed E-state index contributed by atoms with van der Waals surface area (Å²) >= 11 is 0. The summed E-state index contributed by atoms with van der Waals surface area (Å²) < 4.78 is 28.9. The minimum absolute atomic E-state index is 0.0627. The van der Waals surface area contributed by atoms with Crippen LogP contribution in [0.25, 0.3) is 10.9 Å². The fraction of sp³-hybridized carbons (Fsp3) is 0.286. The summed E-state index contributed by atoms with van der Waals surface area (Å²) in [6.45, 7) is 3.19. The summed E-state index contributed by atoms with van der Waals surface area (Å²) in [6.07, 6.45) is 5.95. The van der Waals surface area contributed by atoms with Gasteiger partial charge in [0.15, 0.2) is 5.78 Å². The van der Waals surface area contributed by atoms with E-state index in [0.717, 1.165) is 35.7 Å². The molecule has 1 aliphatic heterocycles. The van der Waals surface area contributed by atoms with Crippen molar-refractivity contribution in [1.82, 2.24) is 13.8 Å². The molecule has 0 saturated carbocycles. The summed E-state index contributed by atoms with van der Waals surface area (Å²) in [7, 11) is -2.06. The van der Waals surface area contributed by atoms with Crippen LogP contribution in [-0.4, -0.2) is 72.2 Å². The maximum atomic E-state index is 13.9. The van der Waals surface area contributed by atoms with Crippen LogP contribution in [0.3, 0.4) is 0 Å². The number of hydrogen-bond donors (Lipinski definition) is 1. The second kappa shape index (κ2) is 9.74. The van der Waals surface area contributed by atoms with E-state index >= 15 is 0 Å². The van der Waals surface area contributed by atoms with E-state index in [1.807, 2.05) is 11.9 Å². The molecule has 192 valence electrons. The molecule has 2 aromatic carbocycles. The van der Waals surface area contributed by atoms with Crippen LogP contribution in [0.2, 0.25) is 0 Å². The zero-order chi connectivity index (χ0) is 26.2. The number of piperazine rings is 1. The lowest BCUT2D eigenvalue weighted by molar-refractivity contribution is -0.132. The topological polar surface area (TPSA) is 99.9 Å². The Morgan fingerprint density at radius 1 is 0.973 bits per heavy atom. The SMILES string of the molecule is CN1CCN(C(=O)CCc2ccc(S(=O)(=O)n3c(C4(O)C=CC(=O)C=C4)cc4ccccc43)cc2)CC1. The van der Waals surface area contributed by atoms with Gasteiger partial charge in [-0.25, -0.2) is 12.4 Å². The van der Waals surface area contributed by atoms with Crippen LogP contribution < -0.4 is 0 Å². The Balaban J connectivity index is 1.42. The first-order chi connectivity index (χ1) is 17.7. The highest BCUT2D eigenvalue weighted by atomic mass is 32.2. The van der Waals surface area contributed by atoms with E-state index < -0.39 is 15.6 Å². The zero-order valence-corrected chi connectivity index (χ0v) is 21.4. The van der Waals surface area contributed by atoms with Gasteiger partial charge in [0.25, 0.3) is 10.0 Å². The van der Waals surface area contributed by atoms with Gasteiger partial charge >= 0.3 is 0 Å². The lowest BCUT2D eigenvalue weighted by atomic mass is 9.94. The largest absolute Gasteiger partial charge is 0.376 e. The van der Waals surface area contributed by atoms with Crippen LogP contribution in [0.15, 0.2) is 83.8 Å². The van der Waals surface area contributed by atoms with E-state index in [1.54, 1.807) is 42.5 Å². The van der Waals surface area contributed by atoms with Crippen molar-refractivity contribution in [3.8, 4) is 0 Å². The molecule has 1 aromatic heterocycles. The smallest absolute Gasteiger partial charge is 0.268 e. The number of benzene rings is 2. The van der Waals surface area contributed by atoms with Crippen LogP contribution in [0.1, 0.15) is 17.7 Å². The van der Waals surface area contributed by atoms with Gasteiger partial charge in [-0.15, -0.1) is 0 Å². The average Bonchev–Trinajstić information content (AvgIpc) is 3.31. The maximum Gasteiger partial charge on any atom is 0.268 e. The van der Waals surface area contributed by atoms with Gasteiger partial charge in [-0.3, -0.25) is 9.59 Å². The number of carbonyl (C=O) groups excluding carboxylic acids is 2. The van der Waals surface area contributed by atoms with Crippen molar-refractivity contribution in [3.05, 3.63) is 90.2 Å². The van der Waals surface area contributed by atoms with E-state index in [2.05, 4.69) is 4.90 Å². The normalized spacial score (nSPS) is 18.0. The molecule has 9 heteroatoms. The highest BCUT2D eigenvalue weighted by Crippen LogP contribution is 2.35. The number of aromatic nitrogens is 1. The number of para-hydroxylation sites is 1. The fourth-order valence-electron chi connectivity index (χ4n) is 4.77. The Bertz CT molecular complexity index is 1490. The average molecular weight is 520 g/mol. The number of allylic oxidation sites excluding steroid dienone is 2. The summed E-state index contributed by atoms with van der Waals surface area (Å²) in [4.78, 5) is 28.4. The third kappa shape index (κ3) is 4.90. The first kappa shape index (κ1) is 25.1. The molecular weight excluding hydrogens is 490 g/mol. The van der Waals surface area contributed by atoms with Crippen molar-refractivity contribution in [2.75, 3.05) is 33.2 Å². The maximum absolute atomic E-state index is 13.9. The molecule has 1 amide bonds. The number of amides is 1. The van der Waals surface area contributed by atoms with Crippen LogP contribution in [0, 0.1) is 0 Å². The molecule has 1 fully saturated rings. The quantitative estimate of drug-likeness (QED) is 0.537. The molecule has 0 unspecified atom stereocenters. The number of rotatable bonds is 6. The Labute approximate surface area is 216 Å². The van der Waals surface area contributed by atoms with E-state index in [4.69, 9.17) is 0 Å². The molecule has 1 N–H and O–H groups in total. The van der Waals surface area contributed by atoms with E-state index in [9.17, 15) is 23.1 Å². The van der Waals surface area contributed by atoms with E-state index in [1.165, 1.54) is 36.4 Å². The summed E-state index contributed by atoms with van der Waals surface area (Å²) in [5.74, 6) is -0.176. The third-order valence-electron chi connectivity index (χ3n) is 7.03. The van der Waals surface area contributed by atoms with Crippen molar-refractivity contribution in [3.63, 3.8) is 0 Å². The number of carbonyl (C=O) groups is 2. The summed E-state index contributed by atoms with van der Waals surface area (Å²) in [5, 5.41) is 11.9. The van der Waals surface area contributed by atoms with Crippen molar-refractivity contribution in [2.45, 2.75) is 23.3 Å². The monoisotopic (exact) mass is 519 g/mol. The molecule has 2 aliphatic rings. The molecular formula is C28H29N3O5S. The molecule has 2 heterocycles. The van der Waals surface area contributed by atoms with Crippen LogP contribution in [-0.2, 0) is 31.6 Å². The Morgan fingerprint density at radius 2 is 1.62 bits per heavy atom. The van der Waals surface area contributed by atoms with Gasteiger partial charge in [0.1, 0.15) is 5.60 Å². The molecule has 5 rings (SSSR count). The van der Waals surface area contributed by atoms with Gasteiger partial charge in [0.05, 0.1) is 16.1 Å². The second-order valence-corrected chi connectivity index (χ2v) is 11.4. The standard InChI is InChI=1S/C28H29N3O5S/c1-29-16-18-30(19-17-29)27(33)11-8-21-6-9-24(10-7-21)37(35,36)31-25-5-3-2-4-22(25)20-26(31)28(34)14-12-23(32)13-15-28/h2-7,9-10,12-15,20,34H,8,11,16-19H2,1H3. The predicted molar refractivity (Wildman–Crippen MR) is 141 cm³/mol. The van der Waals surface area contributed by atoms with Gasteiger partial charge in [-0.1, -0.05) is 30.3 Å². The highest BCUT2D eigenvalue weighted by Gasteiger charge is 2.34. The van der Waals surface area contributed by atoms with Crippen molar-refractivity contribution in [2.24, 2.45) is 0 Å². The molecule has 8 nitrogen and oxygen atoms in total. The minimum Gasteiger partial charge on any atom is -0.376 e. The number of aliphatic hydroxyl groups is 1. The van der Waals surface area contributed by atoms with Crippen molar-refractivity contribution < 1.29 is 23.1 Å². The van der Waals surface area contributed by atoms with Crippen molar-refractivity contribution >= 4 is 32.6 Å². The molecule has 1 saturated heterocycles. The second-order valence-electron chi connectivity index (χ2n) is 9.58. The molecule has 1 aliphatic carbocycles. The molecule has 37 heavy (non-hydrogen) atoms. The van der Waals surface area contributed by atoms with Gasteiger partial charge in [0.2, 0.25) is 5.91 Å². The van der Waals surface area contributed by atoms with E-state index in [0.29, 0.717) is 23.7 Å². The molecule has 0 bridgehead atoms. The number of ketones is 1. The molecule has 3 aromatic rings. The zero-order valence-electron chi connectivity index (χ0n) is 20.6. The number of hydrogen-bond acceptors (Lipinski definition) is 6. The lowest BCUT2D eigenvalue weighted by Gasteiger charge is -2.32. The Hall–Kier alpha value is -3.53. The first-order valence-electron chi connectivity index (χ1n) is 12.2. The minimum atomic E-state index is -4.10. The fourth-order valence-corrected chi connectivity index (χ4v) is 6.34. The summed E-state index contributed by atoms with van der Waals surface area (Å²) in [5.41, 5.74) is -0.347. The van der Waals surface area contributed by atoms with Crippen LogP contribution in [0.4, 0.5) is 0 Å². The van der Waals surface area contributed by atoms with Crippen LogP contribution >= 0.6 is 0 Å². The number of nitrogens with zero attached hydrogens (tertiary/aromatic N) is 3. The molecule has 0 spiro atoms. The number of aryl methyl sites for hydroxylation is 1. The van der Waals surface area contributed by atoms with Gasteiger partial charge in [-0.05, 0) is 67.6 Å². The third-order valence-corrected chi connectivity index (χ3v) is 8.77. The number of fused-ring (bicyclic) bond motifs is 1. The Morgan fingerprint density at radius 3 is 2.30 bits per heavy atom. The van der Waals surface area contributed by atoms with E-state index in [-0.39, 0.29) is 22.3 Å². The molecule has 0 radical (unpaired) electrons. The highest BCUT2D eigenvalue weighted by molar-refractivity contribution is 7.90. The number of likely N-dealkylation sites (N-methyl/N-ethyl adjacent to an activating group) is 1. The lowest BCUT2D eigenvalue weighted by Crippen LogP contribution is -2.47. The van der Waals surface area contributed by atoms with Crippen molar-refractivity contribution in [1.29, 1.82) is 0 Å². The summed E-state index contributed by atoms with van der Waals surface area (Å²) in [6, 6.07) is 15.1. The van der Waals surface area contributed by atoms with Gasteiger partial charge < -0.3 is 14.9 Å². The van der Waals surface area contributed by atoms with Gasteiger partial charge in [-0.2, -0.15) is 0 Å². The predicted octanol–water partition coefficient (Wildman–Crippen LogP) is 2.47. The van der Waals surface area contributed by atoms with Crippen LogP contribution in [0.5, 0.6) is 0 Å². The first-order valence-corrected chi connectivity index (χ1v) is 13.7. The Kier molecular flexibility index (Phi) is 6.61. The van der Waals surface area contributed by atoms with Gasteiger partial charge in [0, 0.05) is 38.0 Å². The molecule has 0 atom stereocenters.